The molecule has 0 saturated carbocycles. The number of nitrogens with zero attached hydrogens (tertiary/aromatic N) is 1. The fourth-order valence-corrected chi connectivity index (χ4v) is 3.15. The molecule has 0 radical (unpaired) electrons. The summed E-state index contributed by atoms with van der Waals surface area (Å²) in [5.41, 5.74) is 1.45. The number of carbonyl (C=O) groups excluding carboxylic acids is 2. The number of nitrogens with one attached hydrogen (secondary N) is 3. The third-order valence-electron chi connectivity index (χ3n) is 3.33. The number of urea groups is 1. The van der Waals surface area contributed by atoms with Crippen LogP contribution in [0.25, 0.3) is 0 Å². The van der Waals surface area contributed by atoms with Gasteiger partial charge in [0, 0.05) is 37.1 Å². The number of hydrogen-bond donors (Lipinski definition) is 3. The van der Waals surface area contributed by atoms with E-state index in [1.807, 2.05) is 12.3 Å². The highest BCUT2D eigenvalue weighted by Crippen LogP contribution is 2.14. The van der Waals surface area contributed by atoms with Gasteiger partial charge in [-0.05, 0) is 25.5 Å². The van der Waals surface area contributed by atoms with Gasteiger partial charge >= 0.3 is 6.03 Å². The molecular formula is C17H21ClN4O2S. The Balaban J connectivity index is 1.55. The maximum absolute atomic E-state index is 11.9. The summed E-state index contributed by atoms with van der Waals surface area (Å²) in [7, 11) is 0. The predicted molar refractivity (Wildman–Crippen MR) is 100 cm³/mol. The van der Waals surface area contributed by atoms with Gasteiger partial charge in [0.1, 0.15) is 0 Å². The number of amides is 3. The number of aryl methyl sites for hydroxylation is 2. The van der Waals surface area contributed by atoms with Gasteiger partial charge in [-0.2, -0.15) is 0 Å². The van der Waals surface area contributed by atoms with Gasteiger partial charge in [-0.15, -0.1) is 11.3 Å². The molecule has 134 valence electrons. The molecule has 0 spiro atoms. The van der Waals surface area contributed by atoms with Crippen LogP contribution in [0.1, 0.15) is 27.5 Å². The fourth-order valence-electron chi connectivity index (χ4n) is 2.11. The highest BCUT2D eigenvalue weighted by molar-refractivity contribution is 7.09. The van der Waals surface area contributed by atoms with Gasteiger partial charge in [-0.3, -0.25) is 4.79 Å². The lowest BCUT2D eigenvalue weighted by Crippen LogP contribution is -2.40. The second kappa shape index (κ2) is 10.0. The highest BCUT2D eigenvalue weighted by atomic mass is 35.5. The lowest BCUT2D eigenvalue weighted by atomic mass is 10.2. The van der Waals surface area contributed by atoms with Gasteiger partial charge in [-0.1, -0.05) is 23.7 Å². The summed E-state index contributed by atoms with van der Waals surface area (Å²) in [5, 5.41) is 11.7. The van der Waals surface area contributed by atoms with Crippen LogP contribution < -0.4 is 16.0 Å². The third-order valence-corrected chi connectivity index (χ3v) is 4.69. The number of carbonyl (C=O) groups is 2. The normalized spacial score (nSPS) is 10.3. The summed E-state index contributed by atoms with van der Waals surface area (Å²) in [5.74, 6) is -0.258. The van der Waals surface area contributed by atoms with E-state index in [1.165, 1.54) is 0 Å². The van der Waals surface area contributed by atoms with Crippen LogP contribution in [-0.4, -0.2) is 36.6 Å². The van der Waals surface area contributed by atoms with Crippen molar-refractivity contribution in [3.63, 3.8) is 0 Å². The zero-order chi connectivity index (χ0) is 18.1. The van der Waals surface area contributed by atoms with Crippen molar-refractivity contribution >= 4 is 34.9 Å². The molecule has 0 fully saturated rings. The van der Waals surface area contributed by atoms with E-state index >= 15 is 0 Å². The lowest BCUT2D eigenvalue weighted by Gasteiger charge is -2.09. The topological polar surface area (TPSA) is 83.1 Å². The Labute approximate surface area is 156 Å². The first-order chi connectivity index (χ1) is 12.1. The van der Waals surface area contributed by atoms with Crippen LogP contribution in [-0.2, 0) is 6.42 Å². The zero-order valence-electron chi connectivity index (χ0n) is 14.0. The minimum atomic E-state index is -0.258. The summed E-state index contributed by atoms with van der Waals surface area (Å²) in [4.78, 5) is 28.0. The van der Waals surface area contributed by atoms with Gasteiger partial charge < -0.3 is 16.0 Å². The molecule has 25 heavy (non-hydrogen) atoms. The second-order valence-corrected chi connectivity index (χ2v) is 6.75. The standard InChI is InChI=1S/C17H21ClN4O2S/c1-12-11-25-15(22-12)7-4-8-20-17(24)21-10-9-19-16(23)13-5-2-3-6-14(13)18/h2-3,5-6,11H,4,7-10H2,1H3,(H,19,23)(H2,20,21,24). The van der Waals surface area contributed by atoms with E-state index in [1.54, 1.807) is 35.6 Å². The Morgan fingerprint density at radius 3 is 2.56 bits per heavy atom. The SMILES string of the molecule is Cc1csc(CCCNC(=O)NCCNC(=O)c2ccccc2Cl)n1. The number of hydrogen-bond acceptors (Lipinski definition) is 4. The monoisotopic (exact) mass is 380 g/mol. The van der Waals surface area contributed by atoms with E-state index in [0.29, 0.717) is 30.2 Å². The quantitative estimate of drug-likeness (QED) is 0.616. The van der Waals surface area contributed by atoms with Crippen molar-refractivity contribution in [2.75, 3.05) is 19.6 Å². The van der Waals surface area contributed by atoms with Crippen molar-refractivity contribution in [1.82, 2.24) is 20.9 Å². The average Bonchev–Trinajstić information content (AvgIpc) is 3.01. The lowest BCUT2D eigenvalue weighted by molar-refractivity contribution is 0.0954. The average molecular weight is 381 g/mol. The minimum absolute atomic E-state index is 0.248. The number of benzene rings is 1. The van der Waals surface area contributed by atoms with Crippen molar-refractivity contribution in [1.29, 1.82) is 0 Å². The van der Waals surface area contributed by atoms with Gasteiger partial charge in [0.25, 0.3) is 5.91 Å². The first-order valence-corrected chi connectivity index (χ1v) is 9.27. The van der Waals surface area contributed by atoms with Crippen LogP contribution in [0.4, 0.5) is 4.79 Å². The van der Waals surface area contributed by atoms with Gasteiger partial charge in [-0.25, -0.2) is 9.78 Å². The molecule has 6 nitrogen and oxygen atoms in total. The summed E-state index contributed by atoms with van der Waals surface area (Å²) < 4.78 is 0. The van der Waals surface area contributed by atoms with E-state index in [2.05, 4.69) is 20.9 Å². The smallest absolute Gasteiger partial charge is 0.314 e. The maximum Gasteiger partial charge on any atom is 0.314 e. The molecule has 1 aromatic carbocycles. The first kappa shape index (κ1) is 19.2. The highest BCUT2D eigenvalue weighted by Gasteiger charge is 2.08. The number of thiazole rings is 1. The summed E-state index contributed by atoms with van der Waals surface area (Å²) >= 11 is 7.59. The second-order valence-electron chi connectivity index (χ2n) is 5.40. The Morgan fingerprint density at radius 2 is 1.84 bits per heavy atom. The van der Waals surface area contributed by atoms with Crippen molar-refractivity contribution in [2.24, 2.45) is 0 Å². The molecule has 0 saturated heterocycles. The molecule has 3 N–H and O–H groups in total. The van der Waals surface area contributed by atoms with E-state index in [4.69, 9.17) is 11.6 Å². The largest absolute Gasteiger partial charge is 0.350 e. The maximum atomic E-state index is 11.9. The van der Waals surface area contributed by atoms with Crippen LogP contribution in [0.3, 0.4) is 0 Å². The first-order valence-electron chi connectivity index (χ1n) is 8.01. The van der Waals surface area contributed by atoms with Crippen molar-refractivity contribution < 1.29 is 9.59 Å². The van der Waals surface area contributed by atoms with Crippen LogP contribution in [0.15, 0.2) is 29.6 Å². The summed E-state index contributed by atoms with van der Waals surface area (Å²) in [6, 6.07) is 6.58. The van der Waals surface area contributed by atoms with E-state index in [-0.39, 0.29) is 11.9 Å². The van der Waals surface area contributed by atoms with Gasteiger partial charge in [0.05, 0.1) is 15.6 Å². The summed E-state index contributed by atoms with van der Waals surface area (Å²) in [6.45, 7) is 3.22. The molecule has 8 heteroatoms. The summed E-state index contributed by atoms with van der Waals surface area (Å²) in [6.07, 6.45) is 1.69. The Bertz CT molecular complexity index is 720. The van der Waals surface area contributed by atoms with E-state index in [0.717, 1.165) is 23.5 Å². The van der Waals surface area contributed by atoms with E-state index < -0.39 is 0 Å². The van der Waals surface area contributed by atoms with Crippen LogP contribution in [0.2, 0.25) is 5.02 Å². The molecule has 2 aromatic rings. The van der Waals surface area contributed by atoms with E-state index in [9.17, 15) is 9.59 Å². The molecule has 1 heterocycles. The molecule has 0 unspecified atom stereocenters. The predicted octanol–water partition coefficient (Wildman–Crippen LogP) is 2.77. The Hall–Kier alpha value is -2.12. The molecule has 0 bridgehead atoms. The molecule has 0 aliphatic rings. The van der Waals surface area contributed by atoms with Crippen molar-refractivity contribution in [2.45, 2.75) is 19.8 Å². The molecule has 0 atom stereocenters. The molecule has 3 amide bonds. The molecule has 2 rings (SSSR count). The fraction of sp³-hybridized carbons (Fsp3) is 0.353. The number of aromatic nitrogens is 1. The minimum Gasteiger partial charge on any atom is -0.350 e. The van der Waals surface area contributed by atoms with Crippen molar-refractivity contribution in [3.05, 3.63) is 50.9 Å². The van der Waals surface area contributed by atoms with Gasteiger partial charge in [0.15, 0.2) is 0 Å². The van der Waals surface area contributed by atoms with Crippen LogP contribution >= 0.6 is 22.9 Å². The van der Waals surface area contributed by atoms with Crippen molar-refractivity contribution in [3.8, 4) is 0 Å². The zero-order valence-corrected chi connectivity index (χ0v) is 15.5. The number of rotatable bonds is 8. The molecule has 0 aliphatic carbocycles. The Kier molecular flexibility index (Phi) is 7.69. The molecule has 0 aliphatic heterocycles. The van der Waals surface area contributed by atoms with Crippen LogP contribution in [0, 0.1) is 6.92 Å². The van der Waals surface area contributed by atoms with Crippen LogP contribution in [0.5, 0.6) is 0 Å². The molecule has 1 aromatic heterocycles. The number of halogens is 1. The molecular weight excluding hydrogens is 360 g/mol. The Morgan fingerprint density at radius 1 is 1.12 bits per heavy atom. The van der Waals surface area contributed by atoms with Gasteiger partial charge in [0.2, 0.25) is 0 Å². The third kappa shape index (κ3) is 6.72.